The zero-order valence-electron chi connectivity index (χ0n) is 14.0. The lowest BCUT2D eigenvalue weighted by Crippen LogP contribution is -2.12. The van der Waals surface area contributed by atoms with Crippen molar-refractivity contribution in [2.24, 2.45) is 5.73 Å². The third-order valence-corrected chi connectivity index (χ3v) is 5.00. The molecule has 3 aromatic heterocycles. The summed E-state index contributed by atoms with van der Waals surface area (Å²) in [5.74, 6) is -0.353. The number of aromatic nitrogens is 2. The van der Waals surface area contributed by atoms with Crippen LogP contribution in [0.5, 0.6) is 0 Å². The van der Waals surface area contributed by atoms with E-state index in [1.165, 1.54) is 17.6 Å². The van der Waals surface area contributed by atoms with E-state index in [-0.39, 0.29) is 5.78 Å². The van der Waals surface area contributed by atoms with Crippen LogP contribution in [0.3, 0.4) is 0 Å². The molecule has 2 N–H and O–H groups in total. The molecule has 0 aliphatic carbocycles. The van der Waals surface area contributed by atoms with Gasteiger partial charge in [0.15, 0.2) is 5.76 Å². The van der Waals surface area contributed by atoms with Gasteiger partial charge in [0.2, 0.25) is 11.7 Å². The maximum absolute atomic E-state index is 13.0. The van der Waals surface area contributed by atoms with E-state index in [1.54, 1.807) is 60.8 Å². The van der Waals surface area contributed by atoms with Crippen molar-refractivity contribution in [1.29, 1.82) is 0 Å². The van der Waals surface area contributed by atoms with Crippen molar-refractivity contribution in [3.05, 3.63) is 83.2 Å². The number of thiazole rings is 1. The Kier molecular flexibility index (Phi) is 4.35. The molecule has 1 amide bonds. The van der Waals surface area contributed by atoms with Crippen LogP contribution in [-0.2, 0) is 0 Å². The number of pyridine rings is 1. The van der Waals surface area contributed by atoms with E-state index in [9.17, 15) is 9.59 Å². The highest BCUT2D eigenvalue weighted by atomic mass is 32.1. The SMILES string of the molecule is NC(=O)c1ccccc1-c1nc(-c2ccco2)c(C(=O)c2ccccn2)s1. The Morgan fingerprint density at radius 2 is 1.81 bits per heavy atom. The molecule has 0 unspecified atom stereocenters. The number of primary amides is 1. The molecule has 132 valence electrons. The van der Waals surface area contributed by atoms with Crippen LogP contribution in [0.15, 0.2) is 71.5 Å². The van der Waals surface area contributed by atoms with Crippen molar-refractivity contribution in [1.82, 2.24) is 9.97 Å². The molecule has 7 heteroatoms. The zero-order valence-corrected chi connectivity index (χ0v) is 14.8. The predicted octanol–water partition coefficient (Wildman–Crippen LogP) is 3.80. The standard InChI is InChI=1S/C20H13N3O3S/c21-19(25)12-6-1-2-7-13(12)20-23-16(15-9-5-11-26-15)18(27-20)17(24)14-8-3-4-10-22-14/h1-11H,(H2,21,25). The van der Waals surface area contributed by atoms with E-state index in [4.69, 9.17) is 10.2 Å². The van der Waals surface area contributed by atoms with Gasteiger partial charge in [0.25, 0.3) is 0 Å². The third kappa shape index (κ3) is 3.16. The monoisotopic (exact) mass is 375 g/mol. The van der Waals surface area contributed by atoms with Crippen molar-refractivity contribution < 1.29 is 14.0 Å². The molecule has 3 heterocycles. The van der Waals surface area contributed by atoms with Crippen LogP contribution in [0.1, 0.15) is 25.7 Å². The smallest absolute Gasteiger partial charge is 0.249 e. The van der Waals surface area contributed by atoms with Crippen molar-refractivity contribution in [2.45, 2.75) is 0 Å². The number of hydrogen-bond acceptors (Lipinski definition) is 6. The van der Waals surface area contributed by atoms with Gasteiger partial charge < -0.3 is 10.2 Å². The van der Waals surface area contributed by atoms with E-state index in [0.717, 1.165) is 0 Å². The highest BCUT2D eigenvalue weighted by Gasteiger charge is 2.25. The van der Waals surface area contributed by atoms with Gasteiger partial charge in [-0.25, -0.2) is 4.98 Å². The molecule has 0 fully saturated rings. The minimum absolute atomic E-state index is 0.262. The topological polar surface area (TPSA) is 99.1 Å². The number of amides is 1. The molecule has 6 nitrogen and oxygen atoms in total. The van der Waals surface area contributed by atoms with E-state index < -0.39 is 5.91 Å². The second-order valence-electron chi connectivity index (χ2n) is 5.63. The lowest BCUT2D eigenvalue weighted by atomic mass is 10.1. The fourth-order valence-corrected chi connectivity index (χ4v) is 3.73. The lowest BCUT2D eigenvalue weighted by molar-refractivity contribution is 0.0999. The van der Waals surface area contributed by atoms with Gasteiger partial charge in [-0.1, -0.05) is 24.3 Å². The number of rotatable bonds is 5. The summed E-state index contributed by atoms with van der Waals surface area (Å²) in [5.41, 5.74) is 7.12. The summed E-state index contributed by atoms with van der Waals surface area (Å²) in [6.45, 7) is 0. The summed E-state index contributed by atoms with van der Waals surface area (Å²) in [7, 11) is 0. The Balaban J connectivity index is 1.90. The van der Waals surface area contributed by atoms with Gasteiger partial charge in [0.1, 0.15) is 21.3 Å². The molecular formula is C20H13N3O3S. The zero-order chi connectivity index (χ0) is 18.8. The number of carbonyl (C=O) groups is 2. The van der Waals surface area contributed by atoms with Crippen LogP contribution in [0.4, 0.5) is 0 Å². The fourth-order valence-electron chi connectivity index (χ4n) is 2.67. The lowest BCUT2D eigenvalue weighted by Gasteiger charge is -2.02. The van der Waals surface area contributed by atoms with Crippen LogP contribution in [0.2, 0.25) is 0 Å². The minimum Gasteiger partial charge on any atom is -0.463 e. The first-order chi connectivity index (χ1) is 13.1. The van der Waals surface area contributed by atoms with Crippen molar-refractivity contribution in [3.8, 4) is 22.0 Å². The van der Waals surface area contributed by atoms with Crippen LogP contribution in [0, 0.1) is 0 Å². The highest BCUT2D eigenvalue weighted by Crippen LogP contribution is 2.36. The molecule has 0 saturated heterocycles. The summed E-state index contributed by atoms with van der Waals surface area (Å²) in [6, 6.07) is 15.5. The molecule has 4 rings (SSSR count). The van der Waals surface area contributed by atoms with Crippen molar-refractivity contribution >= 4 is 23.0 Å². The van der Waals surface area contributed by atoms with Crippen LogP contribution < -0.4 is 5.73 Å². The normalized spacial score (nSPS) is 10.7. The predicted molar refractivity (Wildman–Crippen MR) is 101 cm³/mol. The number of carbonyl (C=O) groups excluding carboxylic acids is 2. The van der Waals surface area contributed by atoms with E-state index >= 15 is 0 Å². The first-order valence-corrected chi connectivity index (χ1v) is 8.86. The maximum atomic E-state index is 13.0. The number of nitrogens with two attached hydrogens (primary N) is 1. The molecule has 0 atom stereocenters. The van der Waals surface area contributed by atoms with Gasteiger partial charge in [-0.05, 0) is 30.3 Å². The summed E-state index contributed by atoms with van der Waals surface area (Å²) < 4.78 is 5.45. The number of hydrogen-bond donors (Lipinski definition) is 1. The first-order valence-electron chi connectivity index (χ1n) is 8.05. The Bertz CT molecular complexity index is 1120. The van der Waals surface area contributed by atoms with Gasteiger partial charge in [-0.2, -0.15) is 0 Å². The number of furan rings is 1. The molecule has 0 radical (unpaired) electrons. The molecule has 0 saturated carbocycles. The molecule has 0 spiro atoms. The van der Waals surface area contributed by atoms with Gasteiger partial charge in [-0.3, -0.25) is 14.6 Å². The average molecular weight is 375 g/mol. The van der Waals surface area contributed by atoms with Crippen LogP contribution in [0.25, 0.3) is 22.0 Å². The number of nitrogens with zero attached hydrogens (tertiary/aromatic N) is 2. The van der Waals surface area contributed by atoms with Gasteiger partial charge in [0.05, 0.1) is 6.26 Å². The molecular weight excluding hydrogens is 362 g/mol. The first kappa shape index (κ1) is 16.9. The Labute approximate surface area is 158 Å². The van der Waals surface area contributed by atoms with Crippen molar-refractivity contribution in [3.63, 3.8) is 0 Å². The summed E-state index contributed by atoms with van der Waals surface area (Å²) >= 11 is 1.18. The highest BCUT2D eigenvalue weighted by molar-refractivity contribution is 7.17. The van der Waals surface area contributed by atoms with E-state index in [0.29, 0.717) is 38.2 Å². The Morgan fingerprint density at radius 1 is 1.00 bits per heavy atom. The summed E-state index contributed by atoms with van der Waals surface area (Å²) in [4.78, 5) is 33.9. The number of ketones is 1. The quantitative estimate of drug-likeness (QED) is 0.535. The molecule has 27 heavy (non-hydrogen) atoms. The van der Waals surface area contributed by atoms with Crippen LogP contribution >= 0.6 is 11.3 Å². The van der Waals surface area contributed by atoms with E-state index in [2.05, 4.69) is 9.97 Å². The largest absolute Gasteiger partial charge is 0.463 e. The van der Waals surface area contributed by atoms with Crippen LogP contribution in [-0.4, -0.2) is 21.7 Å². The van der Waals surface area contributed by atoms with Gasteiger partial charge >= 0.3 is 0 Å². The summed E-state index contributed by atoms with van der Waals surface area (Å²) in [6.07, 6.45) is 3.07. The number of benzene rings is 1. The summed E-state index contributed by atoms with van der Waals surface area (Å²) in [5, 5.41) is 0.509. The molecule has 0 aliphatic rings. The fraction of sp³-hybridized carbons (Fsp3) is 0. The Morgan fingerprint density at radius 3 is 2.52 bits per heavy atom. The maximum Gasteiger partial charge on any atom is 0.249 e. The molecule has 4 aromatic rings. The van der Waals surface area contributed by atoms with Gasteiger partial charge in [0, 0.05) is 17.3 Å². The molecule has 1 aromatic carbocycles. The second kappa shape index (κ2) is 6.97. The minimum atomic E-state index is -0.557. The van der Waals surface area contributed by atoms with E-state index in [1.807, 2.05) is 0 Å². The van der Waals surface area contributed by atoms with Gasteiger partial charge in [-0.15, -0.1) is 11.3 Å². The third-order valence-electron chi connectivity index (χ3n) is 3.91. The molecule has 0 aliphatic heterocycles. The second-order valence-corrected chi connectivity index (χ2v) is 6.63. The Hall–Kier alpha value is -3.58. The average Bonchev–Trinajstić information content (AvgIpc) is 3.37. The molecule has 0 bridgehead atoms. The van der Waals surface area contributed by atoms with Crippen molar-refractivity contribution in [2.75, 3.05) is 0 Å².